The van der Waals surface area contributed by atoms with Gasteiger partial charge in [-0.3, -0.25) is 0 Å². The van der Waals surface area contributed by atoms with E-state index in [9.17, 15) is 8.42 Å². The maximum Gasteiger partial charge on any atom is 0.339 e. The average molecular weight is 409 g/mol. The van der Waals surface area contributed by atoms with Crippen LogP contribution in [-0.4, -0.2) is 8.42 Å². The van der Waals surface area contributed by atoms with Gasteiger partial charge in [0.1, 0.15) is 10.6 Å². The van der Waals surface area contributed by atoms with Gasteiger partial charge in [0.2, 0.25) is 0 Å². The largest absolute Gasteiger partial charge is 0.379 e. The van der Waals surface area contributed by atoms with Gasteiger partial charge in [-0.15, -0.1) is 0 Å². The van der Waals surface area contributed by atoms with Gasteiger partial charge in [-0.05, 0) is 54.8 Å². The Morgan fingerprint density at radius 3 is 1.93 bits per heavy atom. The van der Waals surface area contributed by atoms with E-state index in [0.717, 1.165) is 18.4 Å². The summed E-state index contributed by atoms with van der Waals surface area (Å²) in [6, 6.07) is 13.3. The van der Waals surface area contributed by atoms with E-state index in [0.29, 0.717) is 5.02 Å². The number of benzene rings is 2. The van der Waals surface area contributed by atoms with Crippen molar-refractivity contribution in [2.24, 2.45) is 0 Å². The average Bonchev–Trinajstić information content (AvgIpc) is 2.66. The van der Waals surface area contributed by atoms with Crippen LogP contribution >= 0.6 is 11.6 Å². The summed E-state index contributed by atoms with van der Waals surface area (Å²) in [4.78, 5) is 0.164. The molecule has 0 aliphatic rings. The Labute approximate surface area is 168 Å². The third-order valence-corrected chi connectivity index (χ3v) is 6.06. The zero-order valence-corrected chi connectivity index (χ0v) is 17.6. The van der Waals surface area contributed by atoms with E-state index in [1.165, 1.54) is 57.1 Å². The first-order valence-electron chi connectivity index (χ1n) is 9.80. The molecule has 0 aliphatic carbocycles. The fraction of sp³-hybridized carbons (Fsp3) is 0.455. The molecule has 0 spiro atoms. The molecule has 2 aromatic carbocycles. The minimum Gasteiger partial charge on any atom is -0.379 e. The van der Waals surface area contributed by atoms with Crippen LogP contribution in [0, 0.1) is 0 Å². The molecule has 0 aliphatic heterocycles. The first-order chi connectivity index (χ1) is 13.0. The zero-order valence-electron chi connectivity index (χ0n) is 16.0. The fourth-order valence-electron chi connectivity index (χ4n) is 2.95. The van der Waals surface area contributed by atoms with Crippen molar-refractivity contribution in [3.63, 3.8) is 0 Å². The van der Waals surface area contributed by atoms with Crippen LogP contribution < -0.4 is 4.18 Å². The van der Waals surface area contributed by atoms with Gasteiger partial charge in [-0.25, -0.2) is 0 Å². The molecule has 0 bridgehead atoms. The van der Waals surface area contributed by atoms with Crippen LogP contribution in [0.3, 0.4) is 0 Å². The summed E-state index contributed by atoms with van der Waals surface area (Å²) >= 11 is 5.80. The highest BCUT2D eigenvalue weighted by Gasteiger charge is 2.16. The Balaban J connectivity index is 1.77. The molecule has 0 unspecified atom stereocenters. The van der Waals surface area contributed by atoms with Crippen LogP contribution in [0.5, 0.6) is 5.75 Å². The molecule has 0 saturated carbocycles. The van der Waals surface area contributed by atoms with Crippen molar-refractivity contribution in [1.29, 1.82) is 0 Å². The van der Waals surface area contributed by atoms with E-state index in [2.05, 4.69) is 6.92 Å². The molecular weight excluding hydrogens is 380 g/mol. The number of rotatable bonds is 12. The summed E-state index contributed by atoms with van der Waals surface area (Å²) in [5, 5.41) is 0.532. The first-order valence-corrected chi connectivity index (χ1v) is 11.6. The summed E-state index contributed by atoms with van der Waals surface area (Å²) in [7, 11) is -3.83. The molecular formula is C22H29ClO3S. The van der Waals surface area contributed by atoms with Crippen LogP contribution in [0.15, 0.2) is 53.4 Å². The highest BCUT2D eigenvalue weighted by atomic mass is 35.5. The Kier molecular flexibility index (Phi) is 9.16. The number of unbranched alkanes of at least 4 members (excludes halogenated alkanes) is 7. The van der Waals surface area contributed by atoms with Gasteiger partial charge < -0.3 is 4.18 Å². The molecule has 0 aromatic heterocycles. The molecule has 0 heterocycles. The second kappa shape index (κ2) is 11.4. The quantitative estimate of drug-likeness (QED) is 0.286. The molecule has 0 N–H and O–H groups in total. The minimum absolute atomic E-state index is 0.164. The lowest BCUT2D eigenvalue weighted by Gasteiger charge is -2.08. The molecule has 0 radical (unpaired) electrons. The van der Waals surface area contributed by atoms with Crippen molar-refractivity contribution in [2.75, 3.05) is 0 Å². The van der Waals surface area contributed by atoms with E-state index < -0.39 is 10.1 Å². The third-order valence-electron chi connectivity index (χ3n) is 4.55. The SMILES string of the molecule is CCCCCCCCCCc1ccc(S(=O)(=O)Oc2ccc(Cl)cc2)cc1. The Morgan fingerprint density at radius 2 is 1.33 bits per heavy atom. The van der Waals surface area contributed by atoms with Crippen LogP contribution in [0.2, 0.25) is 5.02 Å². The predicted octanol–water partition coefficient (Wildman–Crippen LogP) is 6.79. The minimum atomic E-state index is -3.83. The Morgan fingerprint density at radius 1 is 0.778 bits per heavy atom. The highest BCUT2D eigenvalue weighted by Crippen LogP contribution is 2.21. The van der Waals surface area contributed by atoms with Crippen LogP contribution in [0.25, 0.3) is 0 Å². The van der Waals surface area contributed by atoms with Crippen LogP contribution in [0.1, 0.15) is 63.9 Å². The molecule has 0 atom stereocenters. The molecule has 0 fully saturated rings. The topological polar surface area (TPSA) is 43.4 Å². The Hall–Kier alpha value is -1.52. The van der Waals surface area contributed by atoms with Gasteiger partial charge in [-0.2, -0.15) is 8.42 Å². The summed E-state index contributed by atoms with van der Waals surface area (Å²) in [5.41, 5.74) is 1.16. The standard InChI is InChI=1S/C22H29ClO3S/c1-2-3-4-5-6-7-8-9-10-19-11-17-22(18-12-19)27(24,25)26-21-15-13-20(23)14-16-21/h11-18H,2-10H2,1H3. The van der Waals surface area contributed by atoms with Crippen LogP contribution in [0.4, 0.5) is 0 Å². The predicted molar refractivity (Wildman–Crippen MR) is 112 cm³/mol. The van der Waals surface area contributed by atoms with Crippen molar-refractivity contribution in [2.45, 2.75) is 69.6 Å². The van der Waals surface area contributed by atoms with Gasteiger partial charge >= 0.3 is 10.1 Å². The van der Waals surface area contributed by atoms with E-state index >= 15 is 0 Å². The molecule has 2 rings (SSSR count). The van der Waals surface area contributed by atoms with Crippen molar-refractivity contribution >= 4 is 21.7 Å². The summed E-state index contributed by atoms with van der Waals surface area (Å²) in [6.45, 7) is 2.24. The van der Waals surface area contributed by atoms with E-state index in [1.807, 2.05) is 12.1 Å². The van der Waals surface area contributed by atoms with Crippen LogP contribution in [-0.2, 0) is 16.5 Å². The maximum absolute atomic E-state index is 12.3. The van der Waals surface area contributed by atoms with Gasteiger partial charge in [0, 0.05) is 5.02 Å². The van der Waals surface area contributed by atoms with Crippen molar-refractivity contribution in [1.82, 2.24) is 0 Å². The summed E-state index contributed by atoms with van der Waals surface area (Å²) < 4.78 is 29.8. The summed E-state index contributed by atoms with van der Waals surface area (Å²) in [6.07, 6.45) is 11.3. The smallest absolute Gasteiger partial charge is 0.339 e. The van der Waals surface area contributed by atoms with Crippen molar-refractivity contribution < 1.29 is 12.6 Å². The second-order valence-electron chi connectivity index (χ2n) is 6.86. The van der Waals surface area contributed by atoms with Gasteiger partial charge in [0.05, 0.1) is 0 Å². The normalized spacial score (nSPS) is 11.5. The maximum atomic E-state index is 12.3. The monoisotopic (exact) mass is 408 g/mol. The molecule has 148 valence electrons. The lowest BCUT2D eigenvalue weighted by atomic mass is 10.0. The number of hydrogen-bond acceptors (Lipinski definition) is 3. The van der Waals surface area contributed by atoms with Crippen molar-refractivity contribution in [3.8, 4) is 5.75 Å². The lowest BCUT2D eigenvalue weighted by molar-refractivity contribution is 0.486. The second-order valence-corrected chi connectivity index (χ2v) is 8.84. The molecule has 0 amide bonds. The molecule has 3 nitrogen and oxygen atoms in total. The number of hydrogen-bond donors (Lipinski definition) is 0. The van der Waals surface area contributed by atoms with Gasteiger partial charge in [-0.1, -0.05) is 75.6 Å². The number of aryl methyl sites for hydroxylation is 1. The molecule has 27 heavy (non-hydrogen) atoms. The van der Waals surface area contributed by atoms with Gasteiger partial charge in [0.15, 0.2) is 0 Å². The van der Waals surface area contributed by atoms with Gasteiger partial charge in [0.25, 0.3) is 0 Å². The molecule has 2 aromatic rings. The summed E-state index contributed by atoms with van der Waals surface area (Å²) in [5.74, 6) is 0.252. The zero-order chi connectivity index (χ0) is 19.5. The molecule has 5 heteroatoms. The highest BCUT2D eigenvalue weighted by molar-refractivity contribution is 7.87. The lowest BCUT2D eigenvalue weighted by Crippen LogP contribution is -2.09. The molecule has 0 saturated heterocycles. The van der Waals surface area contributed by atoms with E-state index in [-0.39, 0.29) is 10.6 Å². The third kappa shape index (κ3) is 7.94. The first kappa shape index (κ1) is 21.8. The number of halogens is 1. The van der Waals surface area contributed by atoms with E-state index in [4.69, 9.17) is 15.8 Å². The Bertz CT molecular complexity index is 768. The fourth-order valence-corrected chi connectivity index (χ4v) is 4.01. The van der Waals surface area contributed by atoms with Crippen molar-refractivity contribution in [3.05, 3.63) is 59.1 Å². The van der Waals surface area contributed by atoms with E-state index in [1.54, 1.807) is 24.3 Å².